The molecule has 154 valence electrons. The zero-order chi connectivity index (χ0) is 21.3. The minimum Gasteiger partial charge on any atom is -0.508 e. The van der Waals surface area contributed by atoms with Crippen molar-refractivity contribution in [2.24, 2.45) is 0 Å². The second-order valence-corrected chi connectivity index (χ2v) is 8.78. The van der Waals surface area contributed by atoms with Gasteiger partial charge in [-0.3, -0.25) is 0 Å². The topological polar surface area (TPSA) is 49.8 Å². The summed E-state index contributed by atoms with van der Waals surface area (Å²) in [7, 11) is 1.37. The third-order valence-electron chi connectivity index (χ3n) is 5.97. The number of phenols is 1. The van der Waals surface area contributed by atoms with Crippen molar-refractivity contribution in [3.8, 4) is 5.75 Å². The molecule has 30 heavy (non-hydrogen) atoms. The molecule has 2 aromatic carbocycles. The van der Waals surface area contributed by atoms with Crippen LogP contribution in [0.4, 0.5) is 5.69 Å². The fourth-order valence-corrected chi connectivity index (χ4v) is 5.05. The zero-order valence-electron chi connectivity index (χ0n) is 17.4. The third-order valence-corrected chi connectivity index (χ3v) is 6.80. The number of nitrogens with zero attached hydrogens (tertiary/aromatic N) is 1. The van der Waals surface area contributed by atoms with Gasteiger partial charge in [-0.25, -0.2) is 4.79 Å². The molecular weight excluding hydrogens is 394 g/mol. The molecule has 0 spiro atoms. The van der Waals surface area contributed by atoms with Crippen LogP contribution < -0.4 is 4.90 Å². The maximum Gasteiger partial charge on any atom is 0.330 e. The Hall–Kier alpha value is -3.05. The monoisotopic (exact) mass is 419 g/mol. The maximum absolute atomic E-state index is 11.4. The summed E-state index contributed by atoms with van der Waals surface area (Å²) in [5, 5.41) is 12.2. The number of fused-ring (bicyclic) bond motifs is 1. The molecule has 1 atom stereocenters. The normalized spacial score (nSPS) is 18.4. The standard InChI is InChI=1S/C25H25NO3S/c1-17-23(13-15-30-17)26-14-12-19-16-21(27)9-10-22(19)25(26,2)20-7-4-18(5-8-20)6-11-24(28)29-3/h4-11,13,15-16,27H,12,14H2,1-3H3/b11-6+. The molecule has 1 aliphatic rings. The maximum atomic E-state index is 11.4. The predicted molar refractivity (Wildman–Crippen MR) is 122 cm³/mol. The van der Waals surface area contributed by atoms with Crippen molar-refractivity contribution in [3.63, 3.8) is 0 Å². The van der Waals surface area contributed by atoms with E-state index in [1.54, 1.807) is 23.5 Å². The van der Waals surface area contributed by atoms with Gasteiger partial charge in [-0.2, -0.15) is 0 Å². The summed E-state index contributed by atoms with van der Waals surface area (Å²) in [6, 6.07) is 16.2. The molecule has 4 nitrogen and oxygen atoms in total. The van der Waals surface area contributed by atoms with Crippen LogP contribution in [-0.4, -0.2) is 24.7 Å². The van der Waals surface area contributed by atoms with Gasteiger partial charge in [0, 0.05) is 17.5 Å². The average molecular weight is 420 g/mol. The molecule has 0 aliphatic carbocycles. The van der Waals surface area contributed by atoms with E-state index in [2.05, 4.69) is 47.1 Å². The molecule has 0 saturated heterocycles. The molecule has 5 heteroatoms. The molecule has 0 bridgehead atoms. The molecule has 3 aromatic rings. The minimum atomic E-state index is -0.377. The lowest BCUT2D eigenvalue weighted by Crippen LogP contribution is -2.49. The van der Waals surface area contributed by atoms with Gasteiger partial charge in [0.05, 0.1) is 18.3 Å². The first-order valence-corrected chi connectivity index (χ1v) is 10.8. The summed E-state index contributed by atoms with van der Waals surface area (Å²) in [5.74, 6) is -0.0641. The third kappa shape index (κ3) is 3.50. The number of rotatable bonds is 4. The first-order valence-electron chi connectivity index (χ1n) is 9.94. The van der Waals surface area contributed by atoms with E-state index in [9.17, 15) is 9.90 Å². The van der Waals surface area contributed by atoms with Gasteiger partial charge in [0.25, 0.3) is 0 Å². The molecule has 2 heterocycles. The van der Waals surface area contributed by atoms with Crippen LogP contribution in [0.15, 0.2) is 60.0 Å². The van der Waals surface area contributed by atoms with Crippen molar-refractivity contribution >= 4 is 29.1 Å². The van der Waals surface area contributed by atoms with Gasteiger partial charge < -0.3 is 14.7 Å². The Morgan fingerprint density at radius 1 is 1.20 bits per heavy atom. The van der Waals surface area contributed by atoms with E-state index < -0.39 is 0 Å². The number of aryl methyl sites for hydroxylation is 1. The molecule has 0 fully saturated rings. The van der Waals surface area contributed by atoms with E-state index in [4.69, 9.17) is 0 Å². The van der Waals surface area contributed by atoms with Gasteiger partial charge in [0.15, 0.2) is 0 Å². The Labute approximate surface area is 181 Å². The van der Waals surface area contributed by atoms with Crippen LogP contribution in [0.5, 0.6) is 5.75 Å². The number of hydrogen-bond acceptors (Lipinski definition) is 5. The Morgan fingerprint density at radius 3 is 2.63 bits per heavy atom. The van der Waals surface area contributed by atoms with Crippen molar-refractivity contribution < 1.29 is 14.6 Å². The smallest absolute Gasteiger partial charge is 0.330 e. The Morgan fingerprint density at radius 2 is 1.97 bits per heavy atom. The number of hydrogen-bond donors (Lipinski definition) is 1. The van der Waals surface area contributed by atoms with E-state index in [1.807, 2.05) is 24.3 Å². The number of phenolic OH excluding ortho intramolecular Hbond substituents is 1. The second kappa shape index (κ2) is 8.00. The fraction of sp³-hybridized carbons (Fsp3) is 0.240. The SMILES string of the molecule is COC(=O)/C=C/c1ccc(C2(C)c3ccc(O)cc3CCN2c2ccsc2C)cc1. The number of benzene rings is 2. The van der Waals surface area contributed by atoms with Crippen molar-refractivity contribution in [1.82, 2.24) is 0 Å². The molecule has 1 N–H and O–H groups in total. The summed E-state index contributed by atoms with van der Waals surface area (Å²) in [5.41, 5.74) is 5.35. The van der Waals surface area contributed by atoms with E-state index in [-0.39, 0.29) is 11.5 Å². The lowest BCUT2D eigenvalue weighted by Gasteiger charge is -2.48. The van der Waals surface area contributed by atoms with E-state index >= 15 is 0 Å². The first kappa shape index (κ1) is 20.2. The molecule has 1 aliphatic heterocycles. The number of anilines is 1. The van der Waals surface area contributed by atoms with Crippen molar-refractivity contribution in [2.45, 2.75) is 25.8 Å². The summed E-state index contributed by atoms with van der Waals surface area (Å²) in [6.45, 7) is 5.28. The lowest BCUT2D eigenvalue weighted by molar-refractivity contribution is -0.134. The van der Waals surface area contributed by atoms with Crippen LogP contribution in [0.2, 0.25) is 0 Å². The molecule has 0 amide bonds. The van der Waals surface area contributed by atoms with Gasteiger partial charge >= 0.3 is 5.97 Å². The summed E-state index contributed by atoms with van der Waals surface area (Å²) >= 11 is 1.76. The van der Waals surface area contributed by atoms with Crippen LogP contribution in [0.3, 0.4) is 0 Å². The fourth-order valence-electron chi connectivity index (χ4n) is 4.35. The van der Waals surface area contributed by atoms with Crippen molar-refractivity contribution in [2.75, 3.05) is 18.6 Å². The number of carbonyl (C=O) groups excluding carboxylic acids is 1. The number of esters is 1. The van der Waals surface area contributed by atoms with Crippen LogP contribution >= 0.6 is 11.3 Å². The molecule has 1 aromatic heterocycles. The minimum absolute atomic E-state index is 0.305. The van der Waals surface area contributed by atoms with Crippen LogP contribution in [0, 0.1) is 6.92 Å². The first-order chi connectivity index (χ1) is 14.4. The summed E-state index contributed by atoms with van der Waals surface area (Å²) in [4.78, 5) is 15.1. The van der Waals surface area contributed by atoms with E-state index in [0.29, 0.717) is 5.75 Å². The Kier molecular flexibility index (Phi) is 5.39. The molecule has 0 radical (unpaired) electrons. The quantitative estimate of drug-likeness (QED) is 0.462. The Balaban J connectivity index is 1.81. The van der Waals surface area contributed by atoms with Crippen LogP contribution in [-0.2, 0) is 21.5 Å². The van der Waals surface area contributed by atoms with Gasteiger partial charge in [-0.1, -0.05) is 30.3 Å². The number of thiophene rings is 1. The zero-order valence-corrected chi connectivity index (χ0v) is 18.2. The van der Waals surface area contributed by atoms with Crippen LogP contribution in [0.25, 0.3) is 6.08 Å². The molecule has 4 rings (SSSR count). The largest absolute Gasteiger partial charge is 0.508 e. The predicted octanol–water partition coefficient (Wildman–Crippen LogP) is 5.27. The van der Waals surface area contributed by atoms with Gasteiger partial charge in [0.1, 0.15) is 5.75 Å². The van der Waals surface area contributed by atoms with Crippen molar-refractivity contribution in [1.29, 1.82) is 0 Å². The van der Waals surface area contributed by atoms with Gasteiger partial charge in [-0.05, 0) is 72.2 Å². The highest BCUT2D eigenvalue weighted by atomic mass is 32.1. The summed E-state index contributed by atoms with van der Waals surface area (Å²) in [6.07, 6.45) is 4.07. The molecule has 1 unspecified atom stereocenters. The molecular formula is C25H25NO3S. The average Bonchev–Trinajstić information content (AvgIpc) is 3.17. The summed E-state index contributed by atoms with van der Waals surface area (Å²) < 4.78 is 4.67. The highest BCUT2D eigenvalue weighted by Crippen LogP contribution is 2.45. The van der Waals surface area contributed by atoms with E-state index in [0.717, 1.165) is 24.1 Å². The number of aromatic hydroxyl groups is 1. The number of carbonyl (C=O) groups is 1. The number of ether oxygens (including phenoxy) is 1. The van der Waals surface area contributed by atoms with Gasteiger partial charge in [-0.15, -0.1) is 11.3 Å². The van der Waals surface area contributed by atoms with Gasteiger partial charge in [0.2, 0.25) is 0 Å². The number of methoxy groups -OCH3 is 1. The van der Waals surface area contributed by atoms with Crippen molar-refractivity contribution in [3.05, 3.63) is 87.1 Å². The molecule has 0 saturated carbocycles. The van der Waals surface area contributed by atoms with E-state index in [1.165, 1.54) is 34.9 Å². The second-order valence-electron chi connectivity index (χ2n) is 7.66. The van der Waals surface area contributed by atoms with Crippen LogP contribution in [0.1, 0.15) is 34.1 Å². The highest BCUT2D eigenvalue weighted by molar-refractivity contribution is 7.10. The Bertz CT molecular complexity index is 1100. The highest BCUT2D eigenvalue weighted by Gasteiger charge is 2.41. The lowest BCUT2D eigenvalue weighted by atomic mass is 9.76.